The van der Waals surface area contributed by atoms with Crippen LogP contribution in [0.1, 0.15) is 54.5 Å². The maximum Gasteiger partial charge on any atom is 0.416 e. The van der Waals surface area contributed by atoms with Crippen molar-refractivity contribution in [3.63, 3.8) is 0 Å². The van der Waals surface area contributed by atoms with Gasteiger partial charge in [0.15, 0.2) is 0 Å². The van der Waals surface area contributed by atoms with Crippen molar-refractivity contribution in [2.24, 2.45) is 11.8 Å². The smallest absolute Gasteiger partial charge is 0.416 e. The Hall–Kier alpha value is -4.13. The molecule has 4 aromatic rings. The zero-order valence-corrected chi connectivity index (χ0v) is 25.1. The van der Waals surface area contributed by atoms with E-state index in [4.69, 9.17) is 4.74 Å². The summed E-state index contributed by atoms with van der Waals surface area (Å²) in [6, 6.07) is 7.99. The number of halogens is 6. The molecule has 3 aromatic carbocycles. The Bertz CT molecular complexity index is 1800. The maximum atomic E-state index is 13.4. The van der Waals surface area contributed by atoms with E-state index in [2.05, 4.69) is 27.4 Å². The summed E-state index contributed by atoms with van der Waals surface area (Å²) in [6.07, 6.45) is -5.43. The third-order valence-corrected chi connectivity index (χ3v) is 9.49. The van der Waals surface area contributed by atoms with Crippen LogP contribution in [0.4, 0.5) is 37.7 Å². The molecule has 13 heteroatoms. The standard InChI is InChI=1S/C33H32F6N4O3/c1-3-18-16-43-9-7-19(18)12-26(43)27(23-6-8-40-25-5-4-22(46-2)14-24(23)25)42-29-28(30(44)31(29)45)41-15-17-10-20(32(34,35)36)13-21(11-17)33(37,38)39/h4-6,8,10-11,13-14,18-19,26-27,41-42H,3,7,9,12,15-16H2,1-2H3/t18?,19?,26?,27-/m1/s1. The number of aromatic nitrogens is 1. The third kappa shape index (κ3) is 5.92. The summed E-state index contributed by atoms with van der Waals surface area (Å²) in [5.74, 6) is 1.62. The fourth-order valence-corrected chi connectivity index (χ4v) is 7.08. The van der Waals surface area contributed by atoms with Crippen molar-refractivity contribution in [1.29, 1.82) is 0 Å². The molecular formula is C33H32F6N4O3. The third-order valence-electron chi connectivity index (χ3n) is 9.49. The largest absolute Gasteiger partial charge is 0.497 e. The van der Waals surface area contributed by atoms with Crippen molar-refractivity contribution < 1.29 is 31.1 Å². The summed E-state index contributed by atoms with van der Waals surface area (Å²) >= 11 is 0. The van der Waals surface area contributed by atoms with Crippen LogP contribution in [0.25, 0.3) is 10.9 Å². The maximum absolute atomic E-state index is 13.4. The number of piperidine rings is 3. The van der Waals surface area contributed by atoms with E-state index in [0.29, 0.717) is 35.2 Å². The second kappa shape index (κ2) is 11.9. The first-order valence-corrected chi connectivity index (χ1v) is 15.1. The van der Waals surface area contributed by atoms with Gasteiger partial charge >= 0.3 is 12.4 Å². The molecule has 2 bridgehead atoms. The molecule has 2 N–H and O–H groups in total. The van der Waals surface area contributed by atoms with Gasteiger partial charge < -0.3 is 15.4 Å². The average molecular weight is 647 g/mol. The second-order valence-corrected chi connectivity index (χ2v) is 12.1. The average Bonchev–Trinajstić information content (AvgIpc) is 3.04. The van der Waals surface area contributed by atoms with Crippen molar-refractivity contribution in [3.05, 3.63) is 91.4 Å². The number of ether oxygens (including phenoxy) is 1. The minimum absolute atomic E-state index is 0.0444. The van der Waals surface area contributed by atoms with Gasteiger partial charge in [-0.3, -0.25) is 19.5 Å². The van der Waals surface area contributed by atoms with Crippen LogP contribution in [0, 0.1) is 11.8 Å². The monoisotopic (exact) mass is 646 g/mol. The van der Waals surface area contributed by atoms with E-state index in [1.54, 1.807) is 19.4 Å². The van der Waals surface area contributed by atoms with Crippen LogP contribution >= 0.6 is 0 Å². The molecule has 0 aliphatic carbocycles. The number of alkyl halides is 6. The van der Waals surface area contributed by atoms with Crippen LogP contribution in [0.2, 0.25) is 0 Å². The van der Waals surface area contributed by atoms with Gasteiger partial charge in [-0.15, -0.1) is 0 Å². The molecule has 7 rings (SSSR count). The summed E-state index contributed by atoms with van der Waals surface area (Å²) in [5, 5.41) is 6.74. The first-order valence-electron chi connectivity index (χ1n) is 15.1. The molecule has 3 saturated heterocycles. The number of benzene rings is 2. The molecule has 244 valence electrons. The normalized spacial score (nSPS) is 22.3. The first kappa shape index (κ1) is 31.8. The zero-order chi connectivity index (χ0) is 33.0. The van der Waals surface area contributed by atoms with Gasteiger partial charge in [0.05, 0.1) is 29.8 Å². The molecule has 3 fully saturated rings. The highest BCUT2D eigenvalue weighted by atomic mass is 19.4. The number of fused-ring (bicyclic) bond motifs is 4. The van der Waals surface area contributed by atoms with E-state index < -0.39 is 46.9 Å². The van der Waals surface area contributed by atoms with Crippen molar-refractivity contribution >= 4 is 22.3 Å². The van der Waals surface area contributed by atoms with Crippen molar-refractivity contribution in [1.82, 2.24) is 9.88 Å². The summed E-state index contributed by atoms with van der Waals surface area (Å²) in [6.45, 7) is 3.38. The van der Waals surface area contributed by atoms with E-state index in [1.807, 2.05) is 18.2 Å². The van der Waals surface area contributed by atoms with Gasteiger partial charge in [-0.1, -0.05) is 13.3 Å². The van der Waals surface area contributed by atoms with Crippen LogP contribution in [0.15, 0.2) is 58.3 Å². The van der Waals surface area contributed by atoms with Crippen LogP contribution in [0.3, 0.4) is 0 Å². The minimum atomic E-state index is -5.01. The predicted molar refractivity (Wildman–Crippen MR) is 162 cm³/mol. The van der Waals surface area contributed by atoms with E-state index in [1.165, 1.54) is 0 Å². The molecule has 3 aliphatic heterocycles. The highest BCUT2D eigenvalue weighted by molar-refractivity contribution is 5.85. The molecule has 46 heavy (non-hydrogen) atoms. The quantitative estimate of drug-likeness (QED) is 0.154. The van der Waals surface area contributed by atoms with Crippen molar-refractivity contribution in [2.75, 3.05) is 30.8 Å². The number of rotatable bonds is 9. The Balaban J connectivity index is 1.36. The summed E-state index contributed by atoms with van der Waals surface area (Å²) < 4.78 is 86.0. The molecule has 4 unspecified atom stereocenters. The lowest BCUT2D eigenvalue weighted by molar-refractivity contribution is -0.143. The Labute approximate surface area is 260 Å². The summed E-state index contributed by atoms with van der Waals surface area (Å²) in [5.41, 5.74) is -3.70. The molecule has 4 heterocycles. The first-order chi connectivity index (χ1) is 21.8. The van der Waals surface area contributed by atoms with Gasteiger partial charge in [0.2, 0.25) is 0 Å². The van der Waals surface area contributed by atoms with Crippen LogP contribution in [0.5, 0.6) is 5.75 Å². The van der Waals surface area contributed by atoms with Crippen molar-refractivity contribution in [3.8, 4) is 5.75 Å². The Morgan fingerprint density at radius 1 is 0.978 bits per heavy atom. The molecule has 0 radical (unpaired) electrons. The molecule has 5 atom stereocenters. The van der Waals surface area contributed by atoms with Crippen molar-refractivity contribution in [2.45, 2.75) is 57.2 Å². The number of methoxy groups -OCH3 is 1. The van der Waals surface area contributed by atoms with Gasteiger partial charge in [0.25, 0.3) is 10.9 Å². The number of hydrogen-bond acceptors (Lipinski definition) is 7. The van der Waals surface area contributed by atoms with E-state index in [9.17, 15) is 35.9 Å². The van der Waals surface area contributed by atoms with E-state index in [-0.39, 0.29) is 29.0 Å². The SMILES string of the molecule is CCC1CN2CCC1CC2[C@H](Nc1c(NCc2cc(C(F)(F)F)cc(C(F)(F)F)c2)c(=O)c1=O)c1ccnc2ccc(OC)cc12. The Kier molecular flexibility index (Phi) is 8.24. The van der Waals surface area contributed by atoms with Gasteiger partial charge in [-0.25, -0.2) is 0 Å². The summed E-state index contributed by atoms with van der Waals surface area (Å²) in [7, 11) is 1.55. The van der Waals surface area contributed by atoms with Crippen LogP contribution < -0.4 is 26.2 Å². The fourth-order valence-electron chi connectivity index (χ4n) is 7.08. The molecular weight excluding hydrogens is 614 g/mol. The molecule has 7 nitrogen and oxygen atoms in total. The lowest BCUT2D eigenvalue weighted by Gasteiger charge is -2.52. The topological polar surface area (TPSA) is 83.6 Å². The fraction of sp³-hybridized carbons (Fsp3) is 0.424. The number of pyridine rings is 1. The van der Waals surface area contributed by atoms with Gasteiger partial charge in [-0.2, -0.15) is 26.3 Å². The lowest BCUT2D eigenvalue weighted by Crippen LogP contribution is -2.56. The Morgan fingerprint density at radius 3 is 2.28 bits per heavy atom. The molecule has 0 amide bonds. The predicted octanol–water partition coefficient (Wildman–Crippen LogP) is 6.76. The Morgan fingerprint density at radius 2 is 1.67 bits per heavy atom. The van der Waals surface area contributed by atoms with E-state index in [0.717, 1.165) is 43.3 Å². The van der Waals surface area contributed by atoms with Gasteiger partial charge in [0.1, 0.15) is 17.1 Å². The summed E-state index contributed by atoms with van der Waals surface area (Å²) in [4.78, 5) is 32.6. The molecule has 1 aromatic heterocycles. The van der Waals surface area contributed by atoms with Crippen LogP contribution in [-0.2, 0) is 18.9 Å². The van der Waals surface area contributed by atoms with Gasteiger partial charge in [0, 0.05) is 30.7 Å². The number of anilines is 2. The molecule has 0 saturated carbocycles. The highest BCUT2D eigenvalue weighted by Gasteiger charge is 2.44. The zero-order valence-electron chi connectivity index (χ0n) is 25.1. The number of hydrogen-bond donors (Lipinski definition) is 2. The second-order valence-electron chi connectivity index (χ2n) is 12.1. The molecule has 3 aliphatic rings. The van der Waals surface area contributed by atoms with Crippen LogP contribution in [-0.4, -0.2) is 36.1 Å². The number of nitrogens with one attached hydrogen (secondary N) is 2. The lowest BCUT2D eigenvalue weighted by atomic mass is 9.72. The minimum Gasteiger partial charge on any atom is -0.497 e. The van der Waals surface area contributed by atoms with Gasteiger partial charge in [-0.05, 0) is 84.8 Å². The molecule has 0 spiro atoms. The highest BCUT2D eigenvalue weighted by Crippen LogP contribution is 2.44. The number of nitrogens with zero attached hydrogens (tertiary/aromatic N) is 2. The van der Waals surface area contributed by atoms with E-state index >= 15 is 0 Å².